The van der Waals surface area contributed by atoms with Gasteiger partial charge in [0, 0.05) is 0 Å². The summed E-state index contributed by atoms with van der Waals surface area (Å²) in [7, 11) is 0. The van der Waals surface area contributed by atoms with E-state index in [1.807, 2.05) is 0 Å². The van der Waals surface area contributed by atoms with E-state index < -0.39 is 5.91 Å². The van der Waals surface area contributed by atoms with Gasteiger partial charge in [-0.05, 0) is 0 Å². The minimum absolute atomic E-state index is 1.06. The maximum absolute atomic E-state index is 4.54. The van der Waals surface area contributed by atoms with Crippen LogP contribution in [-0.4, -0.2) is 71.0 Å². The maximum atomic E-state index is 4.54. The van der Waals surface area contributed by atoms with Gasteiger partial charge in [-0.3, -0.25) is 0 Å². The van der Waals surface area contributed by atoms with Crippen molar-refractivity contribution in [3.05, 3.63) is 0 Å². The van der Waals surface area contributed by atoms with Crippen molar-refractivity contribution in [2.24, 2.45) is 0 Å². The van der Waals surface area contributed by atoms with Gasteiger partial charge in [-0.15, -0.1) is 0 Å². The van der Waals surface area contributed by atoms with Crippen molar-refractivity contribution >= 4 is 21.4 Å². The van der Waals surface area contributed by atoms with E-state index in [2.05, 4.69) is 89.6 Å². The number of halogens is 1. The molecule has 0 radical (unpaired) electrons. The van der Waals surface area contributed by atoms with Gasteiger partial charge < -0.3 is 0 Å². The Morgan fingerprint density at radius 1 is 0.542 bits per heavy atom. The summed E-state index contributed by atoms with van der Waals surface area (Å²) in [5.41, 5.74) is 0. The molecule has 0 heterocycles. The van der Waals surface area contributed by atoms with E-state index >= 15 is 0 Å². The number of unbranched alkanes of at least 4 members (excludes halogenated alkanes) is 1. The average molecular weight is 427 g/mol. The molecule has 0 aliphatic rings. The van der Waals surface area contributed by atoms with Gasteiger partial charge in [0.05, 0.1) is 0 Å². The molecule has 0 aliphatic carbocycles. The Morgan fingerprint density at radius 2 is 0.833 bits per heavy atom. The van der Waals surface area contributed by atoms with Crippen LogP contribution in [0.2, 0.25) is 0 Å². The van der Waals surface area contributed by atoms with Crippen LogP contribution in [0.3, 0.4) is 0 Å². The number of hydrogen-bond donors (Lipinski definition) is 0. The summed E-state index contributed by atoms with van der Waals surface area (Å²) in [5.74, 6) is -2.72. The van der Waals surface area contributed by atoms with Crippen LogP contribution in [-0.2, 0) is 0 Å². The quantitative estimate of drug-likeness (QED) is 0.332. The van der Waals surface area contributed by atoms with Crippen molar-refractivity contribution in [1.29, 1.82) is 0 Å². The van der Waals surface area contributed by atoms with E-state index in [1.54, 1.807) is 0 Å². The second-order valence-corrected chi connectivity index (χ2v) is 13.9. The molecule has 0 aromatic heterocycles. The zero-order valence-electron chi connectivity index (χ0n) is 17.7. The first kappa shape index (κ1) is 24.8. The average Bonchev–Trinajstić information content (AvgIpc) is 2.58. The Labute approximate surface area is 160 Å². The molecule has 0 fully saturated rings. The van der Waals surface area contributed by atoms with Crippen molar-refractivity contribution in [1.82, 2.24) is 18.7 Å². The van der Waals surface area contributed by atoms with E-state index in [0.29, 0.717) is 0 Å². The standard InChI is InChI=1S/C18H44BrN4P/c1-9-17-18-23(16-8)24(19,20(10-2)11-3,21(12-4)13-5)22(14-6)15-7/h9-18H2,1-8H3. The molecule has 0 aliphatic heterocycles. The summed E-state index contributed by atoms with van der Waals surface area (Å²) >= 11 is 4.54. The van der Waals surface area contributed by atoms with Crippen molar-refractivity contribution in [3.63, 3.8) is 0 Å². The first-order valence-corrected chi connectivity index (χ1v) is 14.2. The van der Waals surface area contributed by atoms with Gasteiger partial charge in [-0.25, -0.2) is 0 Å². The first-order chi connectivity index (χ1) is 11.4. The monoisotopic (exact) mass is 426 g/mol. The Bertz CT molecular complexity index is 297. The molecule has 0 N–H and O–H groups in total. The summed E-state index contributed by atoms with van der Waals surface area (Å²) in [6.07, 6.45) is 2.49. The number of rotatable bonds is 14. The fraction of sp³-hybridized carbons (Fsp3) is 1.00. The van der Waals surface area contributed by atoms with Crippen molar-refractivity contribution in [2.75, 3.05) is 52.4 Å². The fourth-order valence-electron chi connectivity index (χ4n) is 4.12. The molecule has 0 unspecified atom stereocenters. The Hall–Kier alpha value is 0.750. The van der Waals surface area contributed by atoms with Gasteiger partial charge in [-0.1, -0.05) is 0 Å². The SMILES string of the molecule is CCCCN(CC)P(Br)(N(CC)CC)(N(CC)CC)N(CC)CC. The number of nitrogens with zero attached hydrogens (tertiary/aromatic N) is 4. The fourth-order valence-corrected chi connectivity index (χ4v) is 15.3. The van der Waals surface area contributed by atoms with E-state index in [9.17, 15) is 0 Å². The second kappa shape index (κ2) is 11.5. The van der Waals surface area contributed by atoms with Gasteiger partial charge in [0.25, 0.3) is 0 Å². The third kappa shape index (κ3) is 4.18. The molecule has 0 saturated carbocycles. The van der Waals surface area contributed by atoms with Crippen LogP contribution in [0.1, 0.15) is 68.2 Å². The predicted molar refractivity (Wildman–Crippen MR) is 117 cm³/mol. The summed E-state index contributed by atoms with van der Waals surface area (Å²) in [6.45, 7) is 27.1. The van der Waals surface area contributed by atoms with Crippen molar-refractivity contribution < 1.29 is 0 Å². The topological polar surface area (TPSA) is 13.0 Å². The predicted octanol–water partition coefficient (Wildman–Crippen LogP) is 5.66. The summed E-state index contributed by atoms with van der Waals surface area (Å²) in [6, 6.07) is 0. The van der Waals surface area contributed by atoms with Crippen LogP contribution in [0.25, 0.3) is 0 Å². The van der Waals surface area contributed by atoms with Crippen LogP contribution in [0, 0.1) is 0 Å². The number of hydrogen-bond acceptors (Lipinski definition) is 4. The molecular weight excluding hydrogens is 383 g/mol. The Balaban J connectivity index is 6.61. The first-order valence-electron chi connectivity index (χ1n) is 10.2. The Morgan fingerprint density at radius 3 is 1.04 bits per heavy atom. The van der Waals surface area contributed by atoms with Crippen LogP contribution >= 0.6 is 21.4 Å². The molecular formula is C18H44BrN4P. The van der Waals surface area contributed by atoms with Gasteiger partial charge in [-0.2, -0.15) is 0 Å². The van der Waals surface area contributed by atoms with E-state index in [-0.39, 0.29) is 0 Å². The van der Waals surface area contributed by atoms with Crippen molar-refractivity contribution in [3.8, 4) is 0 Å². The molecule has 0 atom stereocenters. The van der Waals surface area contributed by atoms with Gasteiger partial charge in [0.15, 0.2) is 0 Å². The molecule has 0 aromatic rings. The molecule has 0 spiro atoms. The summed E-state index contributed by atoms with van der Waals surface area (Å²) in [5, 5.41) is 0. The molecule has 0 saturated heterocycles. The van der Waals surface area contributed by atoms with Gasteiger partial charge >= 0.3 is 161 Å². The molecule has 0 amide bonds. The normalized spacial score (nSPS) is 14.8. The zero-order chi connectivity index (χ0) is 18.8. The van der Waals surface area contributed by atoms with Crippen LogP contribution in [0.15, 0.2) is 0 Å². The van der Waals surface area contributed by atoms with Crippen LogP contribution < -0.4 is 0 Å². The van der Waals surface area contributed by atoms with Crippen LogP contribution in [0.4, 0.5) is 0 Å². The third-order valence-electron chi connectivity index (χ3n) is 5.27. The van der Waals surface area contributed by atoms with Crippen LogP contribution in [0.5, 0.6) is 0 Å². The van der Waals surface area contributed by atoms with Gasteiger partial charge in [0.1, 0.15) is 0 Å². The zero-order valence-corrected chi connectivity index (χ0v) is 20.2. The third-order valence-corrected chi connectivity index (χ3v) is 16.7. The molecule has 0 aromatic carbocycles. The second-order valence-electron chi connectivity index (χ2n) is 6.16. The summed E-state index contributed by atoms with van der Waals surface area (Å²) < 4.78 is 11.0. The molecule has 148 valence electrons. The minimum atomic E-state index is -2.72. The summed E-state index contributed by atoms with van der Waals surface area (Å²) in [4.78, 5) is 0. The van der Waals surface area contributed by atoms with E-state index in [4.69, 9.17) is 0 Å². The molecule has 0 rings (SSSR count). The Kier molecular flexibility index (Phi) is 11.8. The van der Waals surface area contributed by atoms with Gasteiger partial charge in [0.2, 0.25) is 0 Å². The van der Waals surface area contributed by atoms with Crippen molar-refractivity contribution in [2.45, 2.75) is 68.2 Å². The molecule has 24 heavy (non-hydrogen) atoms. The van der Waals surface area contributed by atoms with E-state index in [1.165, 1.54) is 12.8 Å². The molecule has 0 bridgehead atoms. The molecule has 4 nitrogen and oxygen atoms in total. The van der Waals surface area contributed by atoms with E-state index in [0.717, 1.165) is 52.4 Å². The molecule has 6 heteroatoms.